The van der Waals surface area contributed by atoms with Gasteiger partial charge in [-0.15, -0.1) is 0 Å². The third-order valence-corrected chi connectivity index (χ3v) is 3.68. The molecule has 1 fully saturated rings. The number of nitrogens with zero attached hydrogens (tertiary/aromatic N) is 3. The van der Waals surface area contributed by atoms with Gasteiger partial charge < -0.3 is 15.5 Å². The van der Waals surface area contributed by atoms with Gasteiger partial charge in [0.25, 0.3) is 0 Å². The van der Waals surface area contributed by atoms with Gasteiger partial charge in [-0.2, -0.15) is 0 Å². The first-order valence-electron chi connectivity index (χ1n) is 6.56. The Morgan fingerprint density at radius 2 is 1.94 bits per heavy atom. The maximum atomic E-state index is 5.85. The Hall–Kier alpha value is -0.160. The molecule has 0 amide bonds. The van der Waals surface area contributed by atoms with Crippen LogP contribution in [-0.2, 0) is 0 Å². The molecule has 0 bridgehead atoms. The summed E-state index contributed by atoms with van der Waals surface area (Å²) in [7, 11) is 2.18. The summed E-state index contributed by atoms with van der Waals surface area (Å²) in [6.07, 6.45) is 0. The highest BCUT2D eigenvalue weighted by Crippen LogP contribution is 2.07. The first kappa shape index (κ1) is 13.9. The molecular formula is C12H28N4. The maximum absolute atomic E-state index is 5.85. The van der Waals surface area contributed by atoms with E-state index in [-0.39, 0.29) is 0 Å². The van der Waals surface area contributed by atoms with E-state index in [1.807, 2.05) is 0 Å². The second kappa shape index (κ2) is 7.22. The summed E-state index contributed by atoms with van der Waals surface area (Å²) in [5.74, 6) is 0. The normalized spacial score (nSPS) is 24.2. The Morgan fingerprint density at radius 1 is 1.25 bits per heavy atom. The van der Waals surface area contributed by atoms with Crippen LogP contribution < -0.4 is 5.73 Å². The van der Waals surface area contributed by atoms with Crippen LogP contribution >= 0.6 is 0 Å². The van der Waals surface area contributed by atoms with Crippen molar-refractivity contribution in [3.63, 3.8) is 0 Å². The molecule has 1 saturated heterocycles. The van der Waals surface area contributed by atoms with Crippen LogP contribution in [0.3, 0.4) is 0 Å². The van der Waals surface area contributed by atoms with Crippen LogP contribution in [0.25, 0.3) is 0 Å². The Balaban J connectivity index is 2.34. The number of nitrogens with two attached hydrogens (primary N) is 1. The second-order valence-electron chi connectivity index (χ2n) is 4.71. The SMILES string of the molecule is CCN(CC)CCN1CCN(C)CC1CN. The van der Waals surface area contributed by atoms with Gasteiger partial charge in [0, 0.05) is 45.3 Å². The van der Waals surface area contributed by atoms with Gasteiger partial charge in [0.1, 0.15) is 0 Å². The summed E-state index contributed by atoms with van der Waals surface area (Å²) < 4.78 is 0. The topological polar surface area (TPSA) is 35.7 Å². The predicted molar refractivity (Wildman–Crippen MR) is 69.7 cm³/mol. The van der Waals surface area contributed by atoms with Gasteiger partial charge in [0.15, 0.2) is 0 Å². The molecule has 0 aliphatic carbocycles. The van der Waals surface area contributed by atoms with Crippen molar-refractivity contribution >= 4 is 0 Å². The van der Waals surface area contributed by atoms with E-state index in [0.29, 0.717) is 6.04 Å². The smallest absolute Gasteiger partial charge is 0.0346 e. The quantitative estimate of drug-likeness (QED) is 0.689. The minimum atomic E-state index is 0.550. The van der Waals surface area contributed by atoms with E-state index in [4.69, 9.17) is 5.73 Å². The highest BCUT2D eigenvalue weighted by molar-refractivity contribution is 4.81. The van der Waals surface area contributed by atoms with Crippen LogP contribution in [-0.4, -0.2) is 80.1 Å². The number of hydrogen-bond acceptors (Lipinski definition) is 4. The Bertz CT molecular complexity index is 182. The molecule has 1 rings (SSSR count). The largest absolute Gasteiger partial charge is 0.329 e. The van der Waals surface area contributed by atoms with Gasteiger partial charge in [-0.3, -0.25) is 4.90 Å². The van der Waals surface area contributed by atoms with E-state index in [1.54, 1.807) is 0 Å². The van der Waals surface area contributed by atoms with Crippen LogP contribution in [0.2, 0.25) is 0 Å². The van der Waals surface area contributed by atoms with Gasteiger partial charge in [-0.05, 0) is 20.1 Å². The molecule has 16 heavy (non-hydrogen) atoms. The lowest BCUT2D eigenvalue weighted by atomic mass is 10.1. The summed E-state index contributed by atoms with van der Waals surface area (Å²) in [5, 5.41) is 0. The van der Waals surface area contributed by atoms with Crippen molar-refractivity contribution in [3.05, 3.63) is 0 Å². The fourth-order valence-corrected chi connectivity index (χ4v) is 2.38. The number of piperazine rings is 1. The van der Waals surface area contributed by atoms with Crippen molar-refractivity contribution in [3.8, 4) is 0 Å². The third-order valence-electron chi connectivity index (χ3n) is 3.68. The maximum Gasteiger partial charge on any atom is 0.0346 e. The van der Waals surface area contributed by atoms with Crippen molar-refractivity contribution < 1.29 is 0 Å². The van der Waals surface area contributed by atoms with E-state index in [2.05, 4.69) is 35.6 Å². The van der Waals surface area contributed by atoms with Crippen molar-refractivity contribution in [1.29, 1.82) is 0 Å². The number of hydrogen-bond donors (Lipinski definition) is 1. The van der Waals surface area contributed by atoms with Gasteiger partial charge >= 0.3 is 0 Å². The molecular weight excluding hydrogens is 200 g/mol. The Morgan fingerprint density at radius 3 is 2.50 bits per heavy atom. The van der Waals surface area contributed by atoms with Gasteiger partial charge in [0.05, 0.1) is 0 Å². The molecule has 1 aliphatic rings. The van der Waals surface area contributed by atoms with E-state index < -0.39 is 0 Å². The van der Waals surface area contributed by atoms with E-state index in [1.165, 1.54) is 19.6 Å². The lowest BCUT2D eigenvalue weighted by molar-refractivity contribution is 0.0840. The van der Waals surface area contributed by atoms with Gasteiger partial charge in [0.2, 0.25) is 0 Å². The number of rotatable bonds is 6. The molecule has 1 heterocycles. The summed E-state index contributed by atoms with van der Waals surface area (Å²) in [6, 6.07) is 0.550. The standard InChI is InChI=1S/C12H28N4/c1-4-15(5-2)7-9-16-8-6-14(3)11-12(16)10-13/h12H,4-11,13H2,1-3H3. The zero-order valence-electron chi connectivity index (χ0n) is 11.2. The van der Waals surface area contributed by atoms with Crippen molar-refractivity contribution in [2.24, 2.45) is 5.73 Å². The molecule has 0 aromatic heterocycles. The fourth-order valence-electron chi connectivity index (χ4n) is 2.38. The zero-order chi connectivity index (χ0) is 12.0. The van der Waals surface area contributed by atoms with Gasteiger partial charge in [-0.25, -0.2) is 0 Å². The Kier molecular flexibility index (Phi) is 6.28. The monoisotopic (exact) mass is 228 g/mol. The molecule has 0 saturated carbocycles. The third kappa shape index (κ3) is 4.01. The molecule has 2 N–H and O–H groups in total. The van der Waals surface area contributed by atoms with Crippen LogP contribution in [0.5, 0.6) is 0 Å². The highest BCUT2D eigenvalue weighted by Gasteiger charge is 2.23. The lowest BCUT2D eigenvalue weighted by Crippen LogP contribution is -2.56. The van der Waals surface area contributed by atoms with Crippen molar-refractivity contribution in [2.75, 3.05) is 59.4 Å². The summed E-state index contributed by atoms with van der Waals surface area (Å²) in [4.78, 5) is 7.41. The molecule has 4 heteroatoms. The first-order chi connectivity index (χ1) is 7.71. The van der Waals surface area contributed by atoms with E-state index in [9.17, 15) is 0 Å². The molecule has 0 aromatic rings. The molecule has 4 nitrogen and oxygen atoms in total. The predicted octanol–water partition coefficient (Wildman–Crippen LogP) is -0.0971. The zero-order valence-corrected chi connectivity index (χ0v) is 11.2. The van der Waals surface area contributed by atoms with Crippen LogP contribution in [0.4, 0.5) is 0 Å². The summed E-state index contributed by atoms with van der Waals surface area (Å²) >= 11 is 0. The molecule has 1 unspecified atom stereocenters. The van der Waals surface area contributed by atoms with E-state index >= 15 is 0 Å². The van der Waals surface area contributed by atoms with Crippen LogP contribution in [0, 0.1) is 0 Å². The van der Waals surface area contributed by atoms with Crippen LogP contribution in [0.15, 0.2) is 0 Å². The minimum Gasteiger partial charge on any atom is -0.329 e. The molecule has 0 radical (unpaired) electrons. The lowest BCUT2D eigenvalue weighted by Gasteiger charge is -2.40. The summed E-state index contributed by atoms with van der Waals surface area (Å²) in [5.41, 5.74) is 5.85. The molecule has 0 aromatic carbocycles. The van der Waals surface area contributed by atoms with E-state index in [0.717, 1.165) is 32.7 Å². The van der Waals surface area contributed by atoms with Crippen LogP contribution in [0.1, 0.15) is 13.8 Å². The van der Waals surface area contributed by atoms with Crippen molar-refractivity contribution in [2.45, 2.75) is 19.9 Å². The Labute approximate surface area is 100 Å². The average Bonchev–Trinajstić information content (AvgIpc) is 2.31. The molecule has 1 atom stereocenters. The molecule has 1 aliphatic heterocycles. The number of likely N-dealkylation sites (N-methyl/N-ethyl adjacent to an activating group) is 2. The molecule has 0 spiro atoms. The summed E-state index contributed by atoms with van der Waals surface area (Å²) in [6.45, 7) is 13.3. The molecule has 96 valence electrons. The van der Waals surface area contributed by atoms with Gasteiger partial charge in [-0.1, -0.05) is 13.8 Å². The highest BCUT2D eigenvalue weighted by atomic mass is 15.3. The van der Waals surface area contributed by atoms with Crippen molar-refractivity contribution in [1.82, 2.24) is 14.7 Å². The second-order valence-corrected chi connectivity index (χ2v) is 4.71. The average molecular weight is 228 g/mol. The minimum absolute atomic E-state index is 0.550. The fraction of sp³-hybridized carbons (Fsp3) is 1.00. The first-order valence-corrected chi connectivity index (χ1v) is 6.56.